The first kappa shape index (κ1) is 24.0. The Morgan fingerprint density at radius 3 is 2.43 bits per heavy atom. The number of nitrogens with two attached hydrogens (primary N) is 1. The number of aliphatic imine (C=N–C) groups is 1. The molecule has 0 aliphatic carbocycles. The number of para-hydroxylation sites is 2. The van der Waals surface area contributed by atoms with E-state index in [1.54, 1.807) is 12.3 Å². The van der Waals surface area contributed by atoms with Crippen LogP contribution >= 0.6 is 24.0 Å². The van der Waals surface area contributed by atoms with Crippen molar-refractivity contribution in [1.82, 2.24) is 4.98 Å². The number of benzene rings is 1. The van der Waals surface area contributed by atoms with Gasteiger partial charge >= 0.3 is 6.36 Å². The summed E-state index contributed by atoms with van der Waals surface area (Å²) in [6.07, 6.45) is 1.83. The number of pyridine rings is 1. The van der Waals surface area contributed by atoms with Gasteiger partial charge in [0.2, 0.25) is 0 Å². The van der Waals surface area contributed by atoms with E-state index < -0.39 is 6.36 Å². The highest BCUT2D eigenvalue weighted by molar-refractivity contribution is 14.0. The van der Waals surface area contributed by atoms with Crippen LogP contribution in [0.3, 0.4) is 0 Å². The van der Waals surface area contributed by atoms with E-state index in [9.17, 15) is 13.2 Å². The minimum absolute atomic E-state index is 0. The van der Waals surface area contributed by atoms with Crippen molar-refractivity contribution in [2.45, 2.75) is 38.6 Å². The van der Waals surface area contributed by atoms with Crippen molar-refractivity contribution in [1.29, 1.82) is 0 Å². The van der Waals surface area contributed by atoms with Crippen LogP contribution in [0.2, 0.25) is 0 Å². The maximum absolute atomic E-state index is 12.5. The Balaban J connectivity index is 0.00000320. The van der Waals surface area contributed by atoms with Gasteiger partial charge in [0.1, 0.15) is 5.82 Å². The topological polar surface area (TPSA) is 75.8 Å². The molecule has 6 nitrogen and oxygen atoms in total. The molecule has 0 radical (unpaired) electrons. The Labute approximate surface area is 190 Å². The van der Waals surface area contributed by atoms with Crippen molar-refractivity contribution in [3.05, 3.63) is 48.2 Å². The molecule has 164 valence electrons. The number of alkyl halides is 3. The summed E-state index contributed by atoms with van der Waals surface area (Å²) in [5.41, 5.74) is 6.76. The quantitative estimate of drug-likeness (QED) is 0.324. The van der Waals surface area contributed by atoms with Crippen LogP contribution in [-0.4, -0.2) is 30.4 Å². The molecule has 10 heteroatoms. The van der Waals surface area contributed by atoms with Gasteiger partial charge in [0.05, 0.1) is 12.2 Å². The molecule has 2 aromatic rings. The average molecular weight is 535 g/mol. The Morgan fingerprint density at radius 2 is 1.80 bits per heavy atom. The second-order valence-electron chi connectivity index (χ2n) is 6.80. The SMILES string of the molecule is I.NC(=NCc1ccc(N2CCCCCC2)nc1)Nc1ccccc1OC(F)(F)F. The summed E-state index contributed by atoms with van der Waals surface area (Å²) in [4.78, 5) is 11.0. The molecule has 30 heavy (non-hydrogen) atoms. The summed E-state index contributed by atoms with van der Waals surface area (Å²) < 4.78 is 41.5. The first-order valence-electron chi connectivity index (χ1n) is 9.52. The van der Waals surface area contributed by atoms with E-state index in [-0.39, 0.29) is 47.9 Å². The summed E-state index contributed by atoms with van der Waals surface area (Å²) in [6.45, 7) is 2.29. The Hall–Kier alpha value is -2.24. The zero-order valence-electron chi connectivity index (χ0n) is 16.4. The molecule has 0 saturated carbocycles. The molecule has 1 aliphatic heterocycles. The van der Waals surface area contributed by atoms with Gasteiger partial charge in [-0.1, -0.05) is 31.0 Å². The van der Waals surface area contributed by atoms with Crippen LogP contribution in [0.5, 0.6) is 5.75 Å². The van der Waals surface area contributed by atoms with Gasteiger partial charge in [0, 0.05) is 19.3 Å². The highest BCUT2D eigenvalue weighted by atomic mass is 127. The molecular weight excluding hydrogens is 510 g/mol. The number of hydrogen-bond acceptors (Lipinski definition) is 4. The number of hydrogen-bond donors (Lipinski definition) is 2. The highest BCUT2D eigenvalue weighted by Gasteiger charge is 2.32. The second-order valence-corrected chi connectivity index (χ2v) is 6.80. The summed E-state index contributed by atoms with van der Waals surface area (Å²) >= 11 is 0. The lowest BCUT2D eigenvalue weighted by atomic mass is 10.2. The number of rotatable bonds is 5. The van der Waals surface area contributed by atoms with E-state index in [1.807, 2.05) is 12.1 Å². The molecule has 0 spiro atoms. The molecule has 3 rings (SSSR count). The van der Waals surface area contributed by atoms with Crippen molar-refractivity contribution in [3.63, 3.8) is 0 Å². The second kappa shape index (κ2) is 11.2. The molecule has 0 bridgehead atoms. The molecule has 1 aromatic carbocycles. The number of nitrogens with zero attached hydrogens (tertiary/aromatic N) is 3. The maximum Gasteiger partial charge on any atom is 0.573 e. The van der Waals surface area contributed by atoms with E-state index in [0.717, 1.165) is 24.5 Å². The van der Waals surface area contributed by atoms with Gasteiger partial charge in [-0.15, -0.1) is 37.1 Å². The van der Waals surface area contributed by atoms with Gasteiger partial charge < -0.3 is 20.7 Å². The first-order valence-corrected chi connectivity index (χ1v) is 9.52. The van der Waals surface area contributed by atoms with Crippen LogP contribution in [-0.2, 0) is 6.54 Å². The largest absolute Gasteiger partial charge is 0.573 e. The van der Waals surface area contributed by atoms with Crippen molar-refractivity contribution in [2.75, 3.05) is 23.3 Å². The number of aromatic nitrogens is 1. The van der Waals surface area contributed by atoms with Crippen LogP contribution in [0, 0.1) is 0 Å². The number of nitrogens with one attached hydrogen (secondary N) is 1. The standard InChI is InChI=1S/C20H24F3N5O.HI/c21-20(22,23)29-17-8-4-3-7-16(17)27-19(24)26-14-15-9-10-18(25-13-15)28-11-5-1-2-6-12-28;/h3-4,7-10,13H,1-2,5-6,11-12,14H2,(H3,24,26,27);1H. The van der Waals surface area contributed by atoms with Gasteiger partial charge in [-0.25, -0.2) is 9.98 Å². The maximum atomic E-state index is 12.5. The third kappa shape index (κ3) is 7.54. The fourth-order valence-electron chi connectivity index (χ4n) is 3.13. The number of anilines is 2. The Bertz CT molecular complexity index is 822. The van der Waals surface area contributed by atoms with Crippen LogP contribution < -0.4 is 20.7 Å². The minimum Gasteiger partial charge on any atom is -0.404 e. The lowest BCUT2D eigenvalue weighted by molar-refractivity contribution is -0.274. The monoisotopic (exact) mass is 535 g/mol. The molecule has 1 aliphatic rings. The average Bonchev–Trinajstić information content (AvgIpc) is 2.97. The Kier molecular flexibility index (Phi) is 9.00. The summed E-state index contributed by atoms with van der Waals surface area (Å²) in [5.74, 6) is 0.561. The van der Waals surface area contributed by atoms with E-state index >= 15 is 0 Å². The van der Waals surface area contributed by atoms with E-state index in [0.29, 0.717) is 0 Å². The lowest BCUT2D eigenvalue weighted by Crippen LogP contribution is -2.25. The number of ether oxygens (including phenoxy) is 1. The number of halogens is 4. The minimum atomic E-state index is -4.79. The van der Waals surface area contributed by atoms with Crippen molar-refractivity contribution in [3.8, 4) is 5.75 Å². The molecule has 0 atom stereocenters. The van der Waals surface area contributed by atoms with E-state index in [2.05, 4.69) is 24.9 Å². The lowest BCUT2D eigenvalue weighted by Gasteiger charge is -2.21. The normalized spacial score (nSPS) is 15.2. The molecule has 1 aromatic heterocycles. The molecule has 2 heterocycles. The molecule has 3 N–H and O–H groups in total. The summed E-state index contributed by atoms with van der Waals surface area (Å²) in [7, 11) is 0. The third-order valence-electron chi connectivity index (χ3n) is 4.55. The van der Waals surface area contributed by atoms with Crippen molar-refractivity contribution < 1.29 is 17.9 Å². The third-order valence-corrected chi connectivity index (χ3v) is 4.55. The first-order chi connectivity index (χ1) is 13.9. The van der Waals surface area contributed by atoms with Crippen LogP contribution in [0.25, 0.3) is 0 Å². The predicted octanol–water partition coefficient (Wildman–Crippen LogP) is 4.91. The summed E-state index contributed by atoms with van der Waals surface area (Å²) in [6, 6.07) is 9.55. The van der Waals surface area contributed by atoms with Gasteiger partial charge in [0.15, 0.2) is 11.7 Å². The summed E-state index contributed by atoms with van der Waals surface area (Å²) in [5, 5.41) is 2.65. The van der Waals surface area contributed by atoms with Crippen LogP contribution in [0.4, 0.5) is 24.7 Å². The van der Waals surface area contributed by atoms with Crippen LogP contribution in [0.15, 0.2) is 47.6 Å². The molecule has 0 amide bonds. The van der Waals surface area contributed by atoms with Gasteiger partial charge in [-0.3, -0.25) is 0 Å². The van der Waals surface area contributed by atoms with Crippen molar-refractivity contribution >= 4 is 41.4 Å². The fraction of sp³-hybridized carbons (Fsp3) is 0.400. The molecule has 1 saturated heterocycles. The van der Waals surface area contributed by atoms with Gasteiger partial charge in [0.25, 0.3) is 0 Å². The van der Waals surface area contributed by atoms with Crippen molar-refractivity contribution in [2.24, 2.45) is 10.7 Å². The zero-order chi connectivity index (χ0) is 20.7. The van der Waals surface area contributed by atoms with E-state index in [4.69, 9.17) is 5.73 Å². The van der Waals surface area contributed by atoms with Gasteiger partial charge in [-0.2, -0.15) is 0 Å². The fourth-order valence-corrected chi connectivity index (χ4v) is 3.13. The smallest absolute Gasteiger partial charge is 0.404 e. The van der Waals surface area contributed by atoms with Crippen LogP contribution in [0.1, 0.15) is 31.2 Å². The van der Waals surface area contributed by atoms with Gasteiger partial charge in [-0.05, 0) is 36.6 Å². The molecular formula is C20H25F3IN5O. The molecule has 1 fully saturated rings. The predicted molar refractivity (Wildman–Crippen MR) is 122 cm³/mol. The number of guanidine groups is 1. The Morgan fingerprint density at radius 1 is 1.10 bits per heavy atom. The zero-order valence-corrected chi connectivity index (χ0v) is 18.7. The highest BCUT2D eigenvalue weighted by Crippen LogP contribution is 2.29. The van der Waals surface area contributed by atoms with E-state index in [1.165, 1.54) is 43.9 Å². The molecule has 0 unspecified atom stereocenters.